The number of aromatic amines is 1. The van der Waals surface area contributed by atoms with E-state index >= 15 is 0 Å². The highest BCUT2D eigenvalue weighted by Gasteiger charge is 2.15. The van der Waals surface area contributed by atoms with Crippen molar-refractivity contribution < 1.29 is 9.53 Å². The van der Waals surface area contributed by atoms with Gasteiger partial charge >= 0.3 is 5.97 Å². The third-order valence-corrected chi connectivity index (χ3v) is 4.88. The Bertz CT molecular complexity index is 702. The molecule has 2 heterocycles. The molecular formula is C20H29N3O2. The van der Waals surface area contributed by atoms with Gasteiger partial charge in [0.25, 0.3) is 0 Å². The van der Waals surface area contributed by atoms with Gasteiger partial charge in [0, 0.05) is 30.2 Å². The second-order valence-corrected chi connectivity index (χ2v) is 7.17. The summed E-state index contributed by atoms with van der Waals surface area (Å²) in [6.45, 7) is 3.98. The molecule has 0 atom stereocenters. The summed E-state index contributed by atoms with van der Waals surface area (Å²) in [6, 6.07) is 5.86. The molecule has 5 nitrogen and oxygen atoms in total. The van der Waals surface area contributed by atoms with Crippen molar-refractivity contribution in [3.63, 3.8) is 0 Å². The minimum Gasteiger partial charge on any atom is -0.426 e. The molecule has 0 aliphatic carbocycles. The Morgan fingerprint density at radius 3 is 2.80 bits per heavy atom. The molecule has 2 aromatic rings. The van der Waals surface area contributed by atoms with Crippen molar-refractivity contribution in [3.8, 4) is 5.75 Å². The van der Waals surface area contributed by atoms with E-state index in [1.165, 1.54) is 24.8 Å². The summed E-state index contributed by atoms with van der Waals surface area (Å²) in [6.07, 6.45) is 7.20. The second-order valence-electron chi connectivity index (χ2n) is 7.17. The normalized spacial score (nSPS) is 15.8. The van der Waals surface area contributed by atoms with Gasteiger partial charge in [0.05, 0.1) is 6.42 Å². The highest BCUT2D eigenvalue weighted by Crippen LogP contribution is 2.29. The van der Waals surface area contributed by atoms with Crippen molar-refractivity contribution in [2.24, 2.45) is 0 Å². The fraction of sp³-hybridized carbons (Fsp3) is 0.550. The lowest BCUT2D eigenvalue weighted by Gasteiger charge is -2.25. The molecule has 25 heavy (non-hydrogen) atoms. The van der Waals surface area contributed by atoms with E-state index in [9.17, 15) is 4.79 Å². The third kappa shape index (κ3) is 4.83. The summed E-state index contributed by atoms with van der Waals surface area (Å²) in [5.41, 5.74) is 2.22. The predicted octanol–water partition coefficient (Wildman–Crippen LogP) is 3.05. The van der Waals surface area contributed by atoms with Crippen molar-refractivity contribution in [1.82, 2.24) is 14.8 Å². The van der Waals surface area contributed by atoms with Crippen LogP contribution in [0.4, 0.5) is 0 Å². The van der Waals surface area contributed by atoms with E-state index in [4.69, 9.17) is 4.74 Å². The molecule has 3 rings (SSSR count). The Labute approximate surface area is 149 Å². The molecule has 0 spiro atoms. The molecule has 0 bridgehead atoms. The third-order valence-electron chi connectivity index (χ3n) is 4.88. The Morgan fingerprint density at radius 1 is 1.24 bits per heavy atom. The van der Waals surface area contributed by atoms with Gasteiger partial charge in [0.15, 0.2) is 0 Å². The number of ether oxygens (including phenoxy) is 1. The summed E-state index contributed by atoms with van der Waals surface area (Å²) in [5.74, 6) is 0.536. The molecule has 1 N–H and O–H groups in total. The maximum atomic E-state index is 12.3. The number of likely N-dealkylation sites (N-methyl/N-ethyl adjacent to an activating group) is 1. The largest absolute Gasteiger partial charge is 0.426 e. The molecule has 136 valence electrons. The van der Waals surface area contributed by atoms with Crippen LogP contribution in [0.2, 0.25) is 0 Å². The number of benzene rings is 1. The lowest BCUT2D eigenvalue weighted by molar-refractivity contribution is -0.134. The SMILES string of the molecule is CN(C)CCc1c[nH]c2cccc(OC(=O)CCN3CCCCC3)c12. The fourth-order valence-electron chi connectivity index (χ4n) is 3.45. The fourth-order valence-corrected chi connectivity index (χ4v) is 3.45. The summed E-state index contributed by atoms with van der Waals surface area (Å²) < 4.78 is 5.73. The van der Waals surface area contributed by atoms with Gasteiger partial charge in [0.2, 0.25) is 0 Å². The Hall–Kier alpha value is -1.85. The highest BCUT2D eigenvalue weighted by atomic mass is 16.5. The van der Waals surface area contributed by atoms with E-state index in [0.717, 1.165) is 43.5 Å². The topological polar surface area (TPSA) is 48.6 Å². The number of piperidine rings is 1. The molecule has 1 aliphatic heterocycles. The predicted molar refractivity (Wildman–Crippen MR) is 101 cm³/mol. The number of hydrogen-bond donors (Lipinski definition) is 1. The first-order chi connectivity index (χ1) is 12.1. The molecule has 1 saturated heterocycles. The lowest BCUT2D eigenvalue weighted by Crippen LogP contribution is -2.32. The number of aromatic nitrogens is 1. The molecular weight excluding hydrogens is 314 g/mol. The van der Waals surface area contributed by atoms with Gasteiger partial charge in [-0.05, 0) is 64.1 Å². The average Bonchev–Trinajstić information content (AvgIpc) is 3.03. The number of H-pyrrole nitrogens is 1. The number of likely N-dealkylation sites (tertiary alicyclic amines) is 1. The zero-order valence-corrected chi connectivity index (χ0v) is 15.4. The van der Waals surface area contributed by atoms with Gasteiger partial charge < -0.3 is 19.5 Å². The summed E-state index contributed by atoms with van der Waals surface area (Å²) in [4.78, 5) is 20.1. The van der Waals surface area contributed by atoms with Crippen molar-refractivity contribution in [2.75, 3.05) is 40.3 Å². The molecule has 1 aromatic carbocycles. The van der Waals surface area contributed by atoms with Crippen LogP contribution in [-0.4, -0.2) is 61.0 Å². The average molecular weight is 343 g/mol. The maximum absolute atomic E-state index is 12.3. The number of rotatable bonds is 7. The molecule has 1 aromatic heterocycles. The summed E-state index contributed by atoms with van der Waals surface area (Å²) >= 11 is 0. The van der Waals surface area contributed by atoms with E-state index in [0.29, 0.717) is 12.2 Å². The molecule has 1 aliphatic rings. The van der Waals surface area contributed by atoms with Crippen molar-refractivity contribution in [1.29, 1.82) is 0 Å². The zero-order valence-electron chi connectivity index (χ0n) is 15.4. The van der Waals surface area contributed by atoms with E-state index in [2.05, 4.69) is 28.9 Å². The smallest absolute Gasteiger partial charge is 0.312 e. The molecule has 0 amide bonds. The number of carbonyl (C=O) groups is 1. The van der Waals surface area contributed by atoms with Gasteiger partial charge in [0.1, 0.15) is 5.75 Å². The van der Waals surface area contributed by atoms with Crippen LogP contribution in [0.25, 0.3) is 10.9 Å². The highest BCUT2D eigenvalue weighted by molar-refractivity contribution is 5.91. The van der Waals surface area contributed by atoms with Crippen LogP contribution < -0.4 is 4.74 Å². The van der Waals surface area contributed by atoms with Crippen LogP contribution in [0.3, 0.4) is 0 Å². The van der Waals surface area contributed by atoms with Crippen molar-refractivity contribution in [2.45, 2.75) is 32.1 Å². The van der Waals surface area contributed by atoms with Crippen LogP contribution in [0.15, 0.2) is 24.4 Å². The minimum atomic E-state index is -0.141. The number of esters is 1. The number of nitrogens with one attached hydrogen (secondary N) is 1. The van der Waals surface area contributed by atoms with Gasteiger partial charge in [-0.3, -0.25) is 4.79 Å². The molecule has 1 fully saturated rings. The van der Waals surface area contributed by atoms with Crippen molar-refractivity contribution in [3.05, 3.63) is 30.0 Å². The van der Waals surface area contributed by atoms with E-state index in [1.54, 1.807) is 0 Å². The van der Waals surface area contributed by atoms with Gasteiger partial charge in [-0.2, -0.15) is 0 Å². The first-order valence-electron chi connectivity index (χ1n) is 9.30. The van der Waals surface area contributed by atoms with Gasteiger partial charge in [-0.15, -0.1) is 0 Å². The summed E-state index contributed by atoms with van der Waals surface area (Å²) in [7, 11) is 4.13. The Balaban J connectivity index is 1.65. The minimum absolute atomic E-state index is 0.141. The molecule has 0 saturated carbocycles. The first-order valence-corrected chi connectivity index (χ1v) is 9.30. The number of hydrogen-bond acceptors (Lipinski definition) is 4. The van der Waals surface area contributed by atoms with Crippen molar-refractivity contribution >= 4 is 16.9 Å². The number of nitrogens with zero attached hydrogens (tertiary/aromatic N) is 2. The van der Waals surface area contributed by atoms with Gasteiger partial charge in [-0.1, -0.05) is 12.5 Å². The van der Waals surface area contributed by atoms with E-state index in [-0.39, 0.29) is 5.97 Å². The quantitative estimate of drug-likeness (QED) is 0.620. The van der Waals surface area contributed by atoms with Gasteiger partial charge in [-0.25, -0.2) is 0 Å². The zero-order chi connectivity index (χ0) is 17.6. The van der Waals surface area contributed by atoms with E-state index in [1.807, 2.05) is 24.4 Å². The second kappa shape index (κ2) is 8.50. The Morgan fingerprint density at radius 2 is 2.04 bits per heavy atom. The van der Waals surface area contributed by atoms with Crippen LogP contribution in [0, 0.1) is 0 Å². The monoisotopic (exact) mass is 343 g/mol. The van der Waals surface area contributed by atoms with Crippen LogP contribution in [0.5, 0.6) is 5.75 Å². The van der Waals surface area contributed by atoms with E-state index < -0.39 is 0 Å². The lowest BCUT2D eigenvalue weighted by atomic mass is 10.1. The molecule has 0 unspecified atom stereocenters. The molecule has 5 heteroatoms. The maximum Gasteiger partial charge on any atom is 0.312 e. The number of fused-ring (bicyclic) bond motifs is 1. The van der Waals surface area contributed by atoms with Crippen LogP contribution in [-0.2, 0) is 11.2 Å². The standard InChI is InChI=1S/C20H29N3O2/c1-22(2)13-9-16-15-21-17-7-6-8-18(20(16)17)25-19(24)10-14-23-11-4-3-5-12-23/h6-8,15,21H,3-5,9-14H2,1-2H3. The van der Waals surface area contributed by atoms with Crippen LogP contribution in [0.1, 0.15) is 31.2 Å². The summed E-state index contributed by atoms with van der Waals surface area (Å²) in [5, 5.41) is 1.04. The van der Waals surface area contributed by atoms with Crippen LogP contribution >= 0.6 is 0 Å². The Kier molecular flexibility index (Phi) is 6.10. The first kappa shape index (κ1) is 18.0. The molecule has 0 radical (unpaired) electrons. The number of carbonyl (C=O) groups excluding carboxylic acids is 1.